The van der Waals surface area contributed by atoms with E-state index in [1.165, 1.54) is 55.4 Å². The van der Waals surface area contributed by atoms with Gasteiger partial charge in [0.05, 0.1) is 16.7 Å². The predicted molar refractivity (Wildman–Crippen MR) is 149 cm³/mol. The zero-order valence-corrected chi connectivity index (χ0v) is 20.5. The van der Waals surface area contributed by atoms with Crippen LogP contribution < -0.4 is 0 Å². The Morgan fingerprint density at radius 1 is 0.600 bits per heavy atom. The smallest absolute Gasteiger partial charge is 0.0622 e. The van der Waals surface area contributed by atoms with Gasteiger partial charge in [-0.15, -0.1) is 0 Å². The number of hydrogen-bond acceptors (Lipinski definition) is 0. The lowest BCUT2D eigenvalue weighted by Gasteiger charge is -2.23. The highest BCUT2D eigenvalue weighted by molar-refractivity contribution is 6.31. The van der Waals surface area contributed by atoms with Gasteiger partial charge in [0.1, 0.15) is 0 Å². The lowest BCUT2D eigenvalue weighted by Crippen LogP contribution is -2.15. The van der Waals surface area contributed by atoms with Crippen molar-refractivity contribution in [3.05, 3.63) is 125 Å². The molecular formula is C33H24ClN. The van der Waals surface area contributed by atoms with E-state index in [4.69, 9.17) is 11.6 Å². The van der Waals surface area contributed by atoms with Gasteiger partial charge in [-0.3, -0.25) is 0 Å². The van der Waals surface area contributed by atoms with E-state index < -0.39 is 0 Å². The summed E-state index contributed by atoms with van der Waals surface area (Å²) in [5.74, 6) is 0. The highest BCUT2D eigenvalue weighted by atomic mass is 35.5. The van der Waals surface area contributed by atoms with Gasteiger partial charge in [-0.2, -0.15) is 0 Å². The Morgan fingerprint density at radius 2 is 1.31 bits per heavy atom. The molecule has 2 heteroatoms. The maximum atomic E-state index is 6.59. The van der Waals surface area contributed by atoms with Gasteiger partial charge in [-0.05, 0) is 40.5 Å². The number of para-hydroxylation sites is 1. The summed E-state index contributed by atoms with van der Waals surface area (Å²) in [5.41, 5.74) is 11.3. The third-order valence-electron chi connectivity index (χ3n) is 7.67. The fourth-order valence-electron chi connectivity index (χ4n) is 6.04. The van der Waals surface area contributed by atoms with Gasteiger partial charge >= 0.3 is 0 Å². The van der Waals surface area contributed by atoms with E-state index in [1.807, 2.05) is 6.07 Å². The number of hydrogen-bond donors (Lipinski definition) is 0. The lowest BCUT2D eigenvalue weighted by molar-refractivity contribution is 0.660. The summed E-state index contributed by atoms with van der Waals surface area (Å²) in [6, 6.07) is 39.2. The molecule has 1 aromatic heterocycles. The lowest BCUT2D eigenvalue weighted by atomic mass is 9.82. The maximum absolute atomic E-state index is 6.59. The molecule has 0 bridgehead atoms. The van der Waals surface area contributed by atoms with E-state index in [1.54, 1.807) is 0 Å². The van der Waals surface area contributed by atoms with Crippen LogP contribution in [0.3, 0.4) is 0 Å². The second-order valence-corrected chi connectivity index (χ2v) is 10.4. The van der Waals surface area contributed by atoms with E-state index in [2.05, 4.69) is 122 Å². The summed E-state index contributed by atoms with van der Waals surface area (Å²) in [6.45, 7) is 4.68. The Balaban J connectivity index is 1.73. The quantitative estimate of drug-likeness (QED) is 0.238. The molecule has 0 saturated heterocycles. The Hall–Kier alpha value is -3.81. The number of halogens is 1. The van der Waals surface area contributed by atoms with Crippen molar-refractivity contribution in [3.8, 4) is 27.9 Å². The molecular weight excluding hydrogens is 446 g/mol. The van der Waals surface area contributed by atoms with Gasteiger partial charge in [-0.25, -0.2) is 0 Å². The third kappa shape index (κ3) is 2.82. The summed E-state index contributed by atoms with van der Waals surface area (Å²) >= 11 is 6.59. The van der Waals surface area contributed by atoms with Crippen molar-refractivity contribution in [3.63, 3.8) is 0 Å². The fourth-order valence-corrected chi connectivity index (χ4v) is 6.21. The van der Waals surface area contributed by atoms with E-state index in [9.17, 15) is 0 Å². The van der Waals surface area contributed by atoms with Crippen LogP contribution in [0.15, 0.2) is 109 Å². The summed E-state index contributed by atoms with van der Waals surface area (Å²) in [7, 11) is 0. The van der Waals surface area contributed by atoms with E-state index in [0.29, 0.717) is 0 Å². The molecule has 0 spiro atoms. The molecule has 1 aliphatic carbocycles. The molecule has 0 saturated carbocycles. The van der Waals surface area contributed by atoms with Crippen LogP contribution in [-0.2, 0) is 5.41 Å². The predicted octanol–water partition coefficient (Wildman–Crippen LogP) is 9.41. The van der Waals surface area contributed by atoms with Crippen LogP contribution in [0, 0.1) is 0 Å². The minimum Gasteiger partial charge on any atom is -0.308 e. The Labute approximate surface area is 210 Å². The van der Waals surface area contributed by atoms with Gasteiger partial charge < -0.3 is 4.57 Å². The molecule has 0 N–H and O–H groups in total. The highest BCUT2D eigenvalue weighted by Gasteiger charge is 2.38. The normalized spacial score (nSPS) is 13.8. The third-order valence-corrected chi connectivity index (χ3v) is 7.90. The van der Waals surface area contributed by atoms with E-state index in [0.717, 1.165) is 10.5 Å². The first kappa shape index (κ1) is 20.6. The monoisotopic (exact) mass is 469 g/mol. The first-order chi connectivity index (χ1) is 17.1. The minimum absolute atomic E-state index is 0.0771. The second-order valence-electron chi connectivity index (χ2n) is 9.93. The van der Waals surface area contributed by atoms with Gasteiger partial charge in [0.25, 0.3) is 0 Å². The van der Waals surface area contributed by atoms with Crippen molar-refractivity contribution in [1.29, 1.82) is 0 Å². The van der Waals surface area contributed by atoms with Crippen molar-refractivity contribution in [2.45, 2.75) is 19.3 Å². The van der Waals surface area contributed by atoms with Crippen molar-refractivity contribution in [1.82, 2.24) is 4.57 Å². The number of nitrogens with zero attached hydrogens (tertiary/aromatic N) is 1. The van der Waals surface area contributed by atoms with Crippen molar-refractivity contribution >= 4 is 33.4 Å². The standard InChI is InChI=1S/C33H24ClN/c1-33(2)27-14-8-6-13-26(27)31-28(33)19-18-23(21-10-4-3-5-11-21)32(31)35-29-15-9-7-12-24(29)25-17-16-22(34)20-30(25)35/h3-20H,1-2H3. The molecule has 7 rings (SSSR count). The maximum Gasteiger partial charge on any atom is 0.0622 e. The Morgan fingerprint density at radius 3 is 2.17 bits per heavy atom. The molecule has 1 heterocycles. The van der Waals surface area contributed by atoms with Crippen LogP contribution in [-0.4, -0.2) is 4.57 Å². The number of rotatable bonds is 2. The van der Waals surface area contributed by atoms with Gasteiger partial charge in [0, 0.05) is 32.3 Å². The fraction of sp³-hybridized carbons (Fsp3) is 0.0909. The molecule has 0 radical (unpaired) electrons. The molecule has 168 valence electrons. The van der Waals surface area contributed by atoms with Crippen molar-refractivity contribution in [2.24, 2.45) is 0 Å². The van der Waals surface area contributed by atoms with Gasteiger partial charge in [0.15, 0.2) is 0 Å². The molecule has 0 amide bonds. The molecule has 6 aromatic rings. The zero-order valence-electron chi connectivity index (χ0n) is 19.7. The zero-order chi connectivity index (χ0) is 23.7. The van der Waals surface area contributed by atoms with E-state index in [-0.39, 0.29) is 5.41 Å². The number of benzene rings is 5. The van der Waals surface area contributed by atoms with Crippen LogP contribution in [0.2, 0.25) is 5.02 Å². The molecule has 35 heavy (non-hydrogen) atoms. The molecule has 0 unspecified atom stereocenters. The summed E-state index contributed by atoms with van der Waals surface area (Å²) in [4.78, 5) is 0. The van der Waals surface area contributed by atoms with Crippen molar-refractivity contribution in [2.75, 3.05) is 0 Å². The molecule has 0 fully saturated rings. The van der Waals surface area contributed by atoms with E-state index >= 15 is 0 Å². The van der Waals surface area contributed by atoms with Crippen molar-refractivity contribution < 1.29 is 0 Å². The largest absolute Gasteiger partial charge is 0.308 e. The number of fused-ring (bicyclic) bond motifs is 6. The van der Waals surface area contributed by atoms with Gasteiger partial charge in [-0.1, -0.05) is 116 Å². The van der Waals surface area contributed by atoms with Crippen LogP contribution in [0.4, 0.5) is 0 Å². The molecule has 0 atom stereocenters. The van der Waals surface area contributed by atoms with Crippen LogP contribution in [0.5, 0.6) is 0 Å². The SMILES string of the molecule is CC1(C)c2ccccc2-c2c1ccc(-c1ccccc1)c2-n1c2ccccc2c2ccc(Cl)cc21. The molecule has 5 aromatic carbocycles. The van der Waals surface area contributed by atoms with Gasteiger partial charge in [0.2, 0.25) is 0 Å². The average molecular weight is 470 g/mol. The Kier molecular flexibility index (Phi) is 4.31. The molecule has 0 aliphatic heterocycles. The first-order valence-corrected chi connectivity index (χ1v) is 12.5. The van der Waals surface area contributed by atoms with Crippen LogP contribution in [0.1, 0.15) is 25.0 Å². The summed E-state index contributed by atoms with van der Waals surface area (Å²) in [6.07, 6.45) is 0. The number of aromatic nitrogens is 1. The topological polar surface area (TPSA) is 4.93 Å². The van der Waals surface area contributed by atoms with Crippen LogP contribution >= 0.6 is 11.6 Å². The molecule has 1 aliphatic rings. The summed E-state index contributed by atoms with van der Waals surface area (Å²) < 4.78 is 2.44. The Bertz CT molecular complexity index is 1770. The second kappa shape index (κ2) is 7.34. The average Bonchev–Trinajstić information content (AvgIpc) is 3.33. The minimum atomic E-state index is -0.0771. The highest BCUT2D eigenvalue weighted by Crippen LogP contribution is 2.53. The van der Waals surface area contributed by atoms with Crippen LogP contribution in [0.25, 0.3) is 49.7 Å². The first-order valence-electron chi connectivity index (χ1n) is 12.1. The summed E-state index contributed by atoms with van der Waals surface area (Å²) in [5, 5.41) is 3.20. The molecule has 1 nitrogen and oxygen atoms in total.